The van der Waals surface area contributed by atoms with E-state index in [4.69, 9.17) is 18.8 Å². The van der Waals surface area contributed by atoms with E-state index in [0.717, 1.165) is 39.8 Å². The fraction of sp³-hybridized carbons (Fsp3) is 0.463. The minimum Gasteiger partial charge on any atom is -0.464 e. The number of amides is 1. The zero-order valence-corrected chi connectivity index (χ0v) is 32.2. The van der Waals surface area contributed by atoms with Gasteiger partial charge in [-0.2, -0.15) is 0 Å². The van der Waals surface area contributed by atoms with Gasteiger partial charge in [-0.25, -0.2) is 14.2 Å². The summed E-state index contributed by atoms with van der Waals surface area (Å²) in [6.07, 6.45) is 6.17. The number of carbonyl (C=O) groups excluding carboxylic acids is 1. The van der Waals surface area contributed by atoms with Crippen molar-refractivity contribution in [1.82, 2.24) is 19.4 Å². The normalized spacial score (nSPS) is 22.1. The van der Waals surface area contributed by atoms with Gasteiger partial charge < -0.3 is 23.8 Å². The van der Waals surface area contributed by atoms with Crippen molar-refractivity contribution in [2.45, 2.75) is 116 Å². The van der Waals surface area contributed by atoms with E-state index in [2.05, 4.69) is 72.6 Å². The molecule has 1 amide bonds. The van der Waals surface area contributed by atoms with Gasteiger partial charge in [0.1, 0.15) is 23.0 Å². The molecule has 3 aromatic heterocycles. The van der Waals surface area contributed by atoms with Crippen molar-refractivity contribution in [3.63, 3.8) is 0 Å². The van der Waals surface area contributed by atoms with Crippen LogP contribution in [-0.4, -0.2) is 56.0 Å². The van der Waals surface area contributed by atoms with Crippen molar-refractivity contribution in [3.05, 3.63) is 76.1 Å². The molecule has 1 N–H and O–H groups in total. The van der Waals surface area contributed by atoms with E-state index in [-0.39, 0.29) is 18.0 Å². The van der Waals surface area contributed by atoms with Crippen LogP contribution in [-0.2, 0) is 14.0 Å². The Balaban J connectivity index is 1.10. The Morgan fingerprint density at radius 3 is 2.47 bits per heavy atom. The van der Waals surface area contributed by atoms with Gasteiger partial charge in [0.15, 0.2) is 0 Å². The number of nitrogens with zero attached hydrogens (tertiary/aromatic N) is 3. The predicted octanol–water partition coefficient (Wildman–Crippen LogP) is 9.48. The summed E-state index contributed by atoms with van der Waals surface area (Å²) in [6.45, 7) is 14.4. The molecule has 1 saturated carbocycles. The number of rotatable bonds is 5. The number of H-pyrrole nitrogens is 1. The summed E-state index contributed by atoms with van der Waals surface area (Å²) in [5, 5.41) is 0.956. The topological polar surface area (TPSA) is 90.8 Å². The molecule has 53 heavy (non-hydrogen) atoms. The highest BCUT2D eigenvalue weighted by Gasteiger charge is 2.52. The monoisotopic (exact) mass is 736 g/mol. The molecule has 1 unspecified atom stereocenters. The molecule has 0 radical (unpaired) electrons. The molecular formula is C41H46BFN4O5S. The zero-order valence-electron chi connectivity index (χ0n) is 31.4. The maximum atomic E-state index is 16.6. The lowest BCUT2D eigenvalue weighted by Crippen LogP contribution is -2.41. The van der Waals surface area contributed by atoms with Gasteiger partial charge in [0.2, 0.25) is 6.23 Å². The van der Waals surface area contributed by atoms with Gasteiger partial charge >= 0.3 is 13.2 Å². The first-order valence-electron chi connectivity index (χ1n) is 18.8. The Morgan fingerprint density at radius 2 is 1.75 bits per heavy atom. The predicted molar refractivity (Wildman–Crippen MR) is 205 cm³/mol. The lowest BCUT2D eigenvalue weighted by Gasteiger charge is -2.32. The lowest BCUT2D eigenvalue weighted by molar-refractivity contribution is 0.00578. The van der Waals surface area contributed by atoms with Gasteiger partial charge in [0.25, 0.3) is 0 Å². The second kappa shape index (κ2) is 12.2. The minimum absolute atomic E-state index is 0.247. The number of fused-ring (bicyclic) bond motifs is 5. The first-order chi connectivity index (χ1) is 25.2. The molecule has 4 aliphatic rings. The average molecular weight is 737 g/mol. The SMILES string of the molecule is CC(C)(C)OC(=O)N1CCC[C@H]1c1ncc(-c2cc(F)c3c(c2)OC(c2ccc(C4CCC4)s2)n2c-3cc3cc(B4OC(C)(C)C(C)(C)O4)ccc32)[nH]1. The van der Waals surface area contributed by atoms with E-state index in [1.54, 1.807) is 22.4 Å². The number of thiophene rings is 1. The van der Waals surface area contributed by atoms with Gasteiger partial charge in [-0.05, 0) is 122 Å². The van der Waals surface area contributed by atoms with Crippen molar-refractivity contribution < 1.29 is 28.0 Å². The van der Waals surface area contributed by atoms with Gasteiger partial charge in [0, 0.05) is 22.4 Å². The molecule has 3 aliphatic heterocycles. The van der Waals surface area contributed by atoms with Crippen molar-refractivity contribution in [1.29, 1.82) is 0 Å². The Hall–Kier alpha value is -4.13. The summed E-state index contributed by atoms with van der Waals surface area (Å²) in [4.78, 5) is 25.3. The molecule has 2 atom stereocenters. The van der Waals surface area contributed by atoms with Gasteiger partial charge in [-0.1, -0.05) is 18.6 Å². The highest BCUT2D eigenvalue weighted by Crippen LogP contribution is 2.49. The summed E-state index contributed by atoms with van der Waals surface area (Å²) in [5.41, 5.74) is 2.78. The van der Waals surface area contributed by atoms with Gasteiger partial charge in [-0.3, -0.25) is 9.47 Å². The minimum atomic E-state index is -0.597. The number of carbonyl (C=O) groups is 1. The first kappa shape index (κ1) is 34.6. The largest absolute Gasteiger partial charge is 0.494 e. The fourth-order valence-corrected chi connectivity index (χ4v) is 9.12. The molecular weight excluding hydrogens is 690 g/mol. The van der Waals surface area contributed by atoms with Crippen molar-refractivity contribution >= 4 is 40.9 Å². The van der Waals surface area contributed by atoms with Crippen LogP contribution in [0.1, 0.15) is 114 Å². The summed E-state index contributed by atoms with van der Waals surface area (Å²) in [5.74, 6) is 1.33. The number of hydrogen-bond donors (Lipinski definition) is 1. The molecule has 5 aromatic rings. The average Bonchev–Trinajstić information content (AvgIpc) is 3.88. The van der Waals surface area contributed by atoms with Crippen molar-refractivity contribution in [2.75, 3.05) is 6.54 Å². The quantitative estimate of drug-likeness (QED) is 0.181. The van der Waals surface area contributed by atoms with Crippen LogP contribution in [0.5, 0.6) is 5.75 Å². The van der Waals surface area contributed by atoms with Crippen molar-refractivity contribution in [2.24, 2.45) is 0 Å². The molecule has 12 heteroatoms. The van der Waals surface area contributed by atoms with Crippen molar-refractivity contribution in [3.8, 4) is 28.3 Å². The first-order valence-corrected chi connectivity index (χ1v) is 19.6. The van der Waals surface area contributed by atoms with E-state index in [0.29, 0.717) is 40.9 Å². The van der Waals surface area contributed by atoms with Crippen LogP contribution in [0.2, 0.25) is 0 Å². The Kier molecular flexibility index (Phi) is 7.97. The number of imidazole rings is 1. The highest BCUT2D eigenvalue weighted by atomic mass is 32.1. The molecule has 3 fully saturated rings. The Labute approximate surface area is 313 Å². The van der Waals surface area contributed by atoms with E-state index in [1.165, 1.54) is 30.2 Å². The third kappa shape index (κ3) is 5.88. The van der Waals surface area contributed by atoms with E-state index < -0.39 is 30.1 Å². The van der Waals surface area contributed by atoms with Crippen LogP contribution >= 0.6 is 11.3 Å². The van der Waals surface area contributed by atoms with Crippen LogP contribution in [0.3, 0.4) is 0 Å². The van der Waals surface area contributed by atoms with Crippen LogP contribution < -0.4 is 10.2 Å². The number of ether oxygens (including phenoxy) is 2. The third-order valence-electron chi connectivity index (χ3n) is 11.7. The number of likely N-dealkylation sites (tertiary alicyclic amines) is 1. The maximum Gasteiger partial charge on any atom is 0.494 e. The summed E-state index contributed by atoms with van der Waals surface area (Å²) in [6, 6.07) is 15.9. The van der Waals surface area contributed by atoms with Crippen LogP contribution in [0.25, 0.3) is 33.4 Å². The van der Waals surface area contributed by atoms with Crippen LogP contribution in [0.4, 0.5) is 9.18 Å². The van der Waals surface area contributed by atoms with E-state index in [9.17, 15) is 4.79 Å². The summed E-state index contributed by atoms with van der Waals surface area (Å²) >= 11 is 1.79. The maximum absolute atomic E-state index is 16.6. The molecule has 2 aromatic carbocycles. The number of aromatic nitrogens is 3. The molecule has 2 saturated heterocycles. The standard InChI is InChI=1S/C41H46BFN4O5S/c1-39(2,3)50-38(48)46-17-9-12-30(46)36-44-22-28(45-36)24-19-27(43)35-31-20-25-18-26(42-51-40(4,5)41(6,7)52-42)13-14-29(25)47(31)37(49-32(35)21-24)34-16-15-33(53-34)23-10-8-11-23/h13-16,18-23,30,37H,8-12,17H2,1-7H3,(H,44,45)/t30-,37?/m0/s1. The Morgan fingerprint density at radius 1 is 1.00 bits per heavy atom. The highest BCUT2D eigenvalue weighted by molar-refractivity contribution is 7.12. The van der Waals surface area contributed by atoms with E-state index in [1.807, 2.05) is 32.9 Å². The fourth-order valence-electron chi connectivity index (χ4n) is 7.92. The number of aromatic amines is 1. The molecule has 276 valence electrons. The molecule has 0 bridgehead atoms. The molecule has 9 rings (SSSR count). The van der Waals surface area contributed by atoms with Gasteiger partial charge in [-0.15, -0.1) is 11.3 Å². The van der Waals surface area contributed by atoms with Gasteiger partial charge in [0.05, 0.1) is 50.8 Å². The molecule has 0 spiro atoms. The van der Waals surface area contributed by atoms with E-state index >= 15 is 4.39 Å². The summed E-state index contributed by atoms with van der Waals surface area (Å²) < 4.78 is 44.1. The molecule has 6 heterocycles. The van der Waals surface area contributed by atoms with Crippen LogP contribution in [0.15, 0.2) is 54.7 Å². The smallest absolute Gasteiger partial charge is 0.464 e. The number of nitrogens with one attached hydrogen (secondary N) is 1. The summed E-state index contributed by atoms with van der Waals surface area (Å²) in [7, 11) is -0.512. The number of benzene rings is 2. The third-order valence-corrected chi connectivity index (χ3v) is 13.0. The zero-order chi connectivity index (χ0) is 37.0. The number of hydrogen-bond acceptors (Lipinski definition) is 7. The molecule has 1 aliphatic carbocycles. The molecule has 9 nitrogen and oxygen atoms in total. The number of halogens is 1. The van der Waals surface area contributed by atoms with Crippen LogP contribution in [0, 0.1) is 5.82 Å². The second-order valence-electron chi connectivity index (χ2n) is 17.0. The lowest BCUT2D eigenvalue weighted by atomic mass is 9.78. The second-order valence-corrected chi connectivity index (χ2v) is 18.1. The Bertz CT molecular complexity index is 2230.